The van der Waals surface area contributed by atoms with Crippen molar-refractivity contribution in [3.63, 3.8) is 0 Å². The Morgan fingerprint density at radius 3 is 2.40 bits per heavy atom. The van der Waals surface area contributed by atoms with Crippen LogP contribution in [0.4, 0.5) is 0 Å². The maximum Gasteiger partial charge on any atom is 0.419 e. The molecule has 0 bridgehead atoms. The minimum atomic E-state index is -0.484. The van der Waals surface area contributed by atoms with Crippen molar-refractivity contribution in [3.8, 4) is 0 Å². The number of benzene rings is 1. The third-order valence-corrected chi connectivity index (χ3v) is 6.53. The second kappa shape index (κ2) is 9.25. The van der Waals surface area contributed by atoms with Crippen molar-refractivity contribution in [2.24, 2.45) is 5.92 Å². The molecule has 1 aromatic carbocycles. The number of aromatic nitrogens is 1. The van der Waals surface area contributed by atoms with Gasteiger partial charge in [-0.3, -0.25) is 14.2 Å². The Morgan fingerprint density at radius 2 is 1.70 bits per heavy atom. The average molecular weight is 434 g/mol. The smallest absolute Gasteiger partial charge is 0.408 e. The highest BCUT2D eigenvalue weighted by Crippen LogP contribution is 2.23. The molecule has 3 heterocycles. The molecule has 30 heavy (non-hydrogen) atoms. The first-order chi connectivity index (χ1) is 14.5. The van der Waals surface area contributed by atoms with Gasteiger partial charge in [-0.1, -0.05) is 24.4 Å². The number of oxazole rings is 1. The number of nitrogens with zero attached hydrogens (tertiary/aromatic N) is 3. The number of aryl methyl sites for hydroxylation is 1. The number of carbonyl (C=O) groups excluding carboxylic acids is 2. The summed E-state index contributed by atoms with van der Waals surface area (Å²) >= 11 is 5.94. The lowest BCUT2D eigenvalue weighted by Gasteiger charge is -2.34. The Hall–Kier alpha value is -2.28. The Morgan fingerprint density at radius 1 is 1.00 bits per heavy atom. The molecule has 0 saturated carbocycles. The second-order valence-electron chi connectivity index (χ2n) is 8.28. The van der Waals surface area contributed by atoms with E-state index in [-0.39, 0.29) is 30.7 Å². The third-order valence-electron chi connectivity index (χ3n) is 6.29. The van der Waals surface area contributed by atoms with Crippen LogP contribution in [0.15, 0.2) is 27.4 Å². The second-order valence-corrected chi connectivity index (χ2v) is 8.71. The molecule has 2 amide bonds. The highest BCUT2D eigenvalue weighted by atomic mass is 35.5. The quantitative estimate of drug-likeness (QED) is 0.741. The van der Waals surface area contributed by atoms with Gasteiger partial charge in [0.25, 0.3) is 0 Å². The SMILES string of the molecule is O=C(CCn1c(=O)oc2cc(Cl)ccc21)N1CCC(C(=O)N2CCCCCC2)CC1. The van der Waals surface area contributed by atoms with Crippen LogP contribution in [0.5, 0.6) is 0 Å². The van der Waals surface area contributed by atoms with Gasteiger partial charge in [-0.25, -0.2) is 4.79 Å². The van der Waals surface area contributed by atoms with E-state index in [1.165, 1.54) is 17.4 Å². The minimum absolute atomic E-state index is 0.00545. The van der Waals surface area contributed by atoms with Gasteiger partial charge in [0.15, 0.2) is 5.58 Å². The van der Waals surface area contributed by atoms with Crippen LogP contribution in [0, 0.1) is 5.92 Å². The molecule has 2 fully saturated rings. The highest BCUT2D eigenvalue weighted by Gasteiger charge is 2.30. The predicted octanol–water partition coefficient (Wildman–Crippen LogP) is 3.28. The van der Waals surface area contributed by atoms with E-state index in [4.69, 9.17) is 16.0 Å². The summed E-state index contributed by atoms with van der Waals surface area (Å²) in [6, 6.07) is 5.03. The first-order valence-electron chi connectivity index (χ1n) is 10.9. The van der Waals surface area contributed by atoms with E-state index in [1.54, 1.807) is 18.2 Å². The van der Waals surface area contributed by atoms with Gasteiger partial charge < -0.3 is 14.2 Å². The molecule has 8 heteroatoms. The fraction of sp³-hybridized carbons (Fsp3) is 0.591. The zero-order valence-electron chi connectivity index (χ0n) is 17.1. The van der Waals surface area contributed by atoms with Crippen molar-refractivity contribution in [1.29, 1.82) is 0 Å². The zero-order valence-corrected chi connectivity index (χ0v) is 17.9. The van der Waals surface area contributed by atoms with Crippen molar-refractivity contribution >= 4 is 34.5 Å². The molecule has 0 spiro atoms. The lowest BCUT2D eigenvalue weighted by Crippen LogP contribution is -2.44. The zero-order chi connectivity index (χ0) is 21.1. The molecule has 4 rings (SSSR count). The standard InChI is InChI=1S/C22H28ClN3O4/c23-17-5-6-18-19(15-17)30-22(29)26(18)14-9-20(27)24-12-7-16(8-13-24)21(28)25-10-3-1-2-4-11-25/h5-6,15-16H,1-4,7-14H2. The molecule has 7 nitrogen and oxygen atoms in total. The summed E-state index contributed by atoms with van der Waals surface area (Å²) < 4.78 is 6.69. The maximum absolute atomic E-state index is 12.8. The number of halogens is 1. The number of hydrogen-bond donors (Lipinski definition) is 0. The molecule has 0 N–H and O–H groups in total. The van der Waals surface area contributed by atoms with Crippen molar-refractivity contribution in [2.75, 3.05) is 26.2 Å². The Kier molecular flexibility index (Phi) is 6.46. The normalized spacial score (nSPS) is 18.6. The molecular weight excluding hydrogens is 406 g/mol. The molecule has 1 aromatic heterocycles. The number of carbonyl (C=O) groups is 2. The van der Waals surface area contributed by atoms with Gasteiger partial charge in [0.1, 0.15) is 0 Å². The van der Waals surface area contributed by atoms with Crippen LogP contribution in [-0.4, -0.2) is 52.4 Å². The maximum atomic E-state index is 12.8. The molecule has 2 aliphatic heterocycles. The molecule has 2 aliphatic rings. The van der Waals surface area contributed by atoms with Crippen LogP contribution in [0.2, 0.25) is 5.02 Å². The number of hydrogen-bond acceptors (Lipinski definition) is 4. The Bertz CT molecular complexity index is 966. The summed E-state index contributed by atoms with van der Waals surface area (Å²) in [4.78, 5) is 41.5. The van der Waals surface area contributed by atoms with E-state index in [9.17, 15) is 14.4 Å². The molecule has 2 saturated heterocycles. The molecular formula is C22H28ClN3O4. The summed E-state index contributed by atoms with van der Waals surface area (Å²) in [6.07, 6.45) is 6.26. The number of amides is 2. The van der Waals surface area contributed by atoms with Gasteiger partial charge in [0.2, 0.25) is 11.8 Å². The number of likely N-dealkylation sites (tertiary alicyclic amines) is 2. The Labute approximate surface area is 180 Å². The molecule has 0 atom stereocenters. The van der Waals surface area contributed by atoms with E-state index in [0.29, 0.717) is 42.1 Å². The summed E-state index contributed by atoms with van der Waals surface area (Å²) in [5.74, 6) is -0.191. The van der Waals surface area contributed by atoms with E-state index in [2.05, 4.69) is 0 Å². The molecule has 0 radical (unpaired) electrons. The highest BCUT2D eigenvalue weighted by molar-refractivity contribution is 6.31. The summed E-state index contributed by atoms with van der Waals surface area (Å²) in [6.45, 7) is 3.20. The van der Waals surface area contributed by atoms with Crippen LogP contribution in [0.25, 0.3) is 11.1 Å². The van der Waals surface area contributed by atoms with Crippen LogP contribution in [0.1, 0.15) is 44.9 Å². The van der Waals surface area contributed by atoms with Gasteiger partial charge >= 0.3 is 5.76 Å². The predicted molar refractivity (Wildman–Crippen MR) is 114 cm³/mol. The number of fused-ring (bicyclic) bond motifs is 1. The minimum Gasteiger partial charge on any atom is -0.408 e. The summed E-state index contributed by atoms with van der Waals surface area (Å²) in [7, 11) is 0. The van der Waals surface area contributed by atoms with Crippen LogP contribution >= 0.6 is 11.6 Å². The fourth-order valence-corrected chi connectivity index (χ4v) is 4.70. The van der Waals surface area contributed by atoms with E-state index >= 15 is 0 Å². The van der Waals surface area contributed by atoms with Crippen molar-refractivity contribution in [3.05, 3.63) is 33.8 Å². The van der Waals surface area contributed by atoms with Crippen molar-refractivity contribution in [2.45, 2.75) is 51.5 Å². The van der Waals surface area contributed by atoms with Gasteiger partial charge in [0.05, 0.1) is 5.52 Å². The van der Waals surface area contributed by atoms with Gasteiger partial charge in [-0.2, -0.15) is 0 Å². The van der Waals surface area contributed by atoms with E-state index in [0.717, 1.165) is 25.9 Å². The first kappa shape index (κ1) is 21.0. The van der Waals surface area contributed by atoms with Crippen molar-refractivity contribution < 1.29 is 14.0 Å². The average Bonchev–Trinajstić information content (AvgIpc) is 2.91. The van der Waals surface area contributed by atoms with Crippen molar-refractivity contribution in [1.82, 2.24) is 14.4 Å². The molecule has 2 aromatic rings. The van der Waals surface area contributed by atoms with Gasteiger partial charge in [-0.15, -0.1) is 0 Å². The number of piperidine rings is 1. The monoisotopic (exact) mass is 433 g/mol. The van der Waals surface area contributed by atoms with E-state index < -0.39 is 5.76 Å². The first-order valence-corrected chi connectivity index (χ1v) is 11.3. The van der Waals surface area contributed by atoms with Gasteiger partial charge in [-0.05, 0) is 37.8 Å². The third kappa shape index (κ3) is 4.56. The number of rotatable bonds is 4. The molecule has 0 unspecified atom stereocenters. The fourth-order valence-electron chi connectivity index (χ4n) is 4.54. The van der Waals surface area contributed by atoms with Crippen LogP contribution in [0.3, 0.4) is 0 Å². The lowest BCUT2D eigenvalue weighted by molar-refractivity contribution is -0.140. The summed E-state index contributed by atoms with van der Waals surface area (Å²) in [5, 5.41) is 0.497. The Balaban J connectivity index is 1.30. The van der Waals surface area contributed by atoms with Crippen LogP contribution < -0.4 is 5.76 Å². The topological polar surface area (TPSA) is 75.8 Å². The largest absolute Gasteiger partial charge is 0.419 e. The lowest BCUT2D eigenvalue weighted by atomic mass is 9.95. The molecule has 0 aliphatic carbocycles. The van der Waals surface area contributed by atoms with Crippen LogP contribution in [-0.2, 0) is 16.1 Å². The summed E-state index contributed by atoms with van der Waals surface area (Å²) in [5.41, 5.74) is 1.06. The van der Waals surface area contributed by atoms with E-state index in [1.807, 2.05) is 9.80 Å². The molecule has 162 valence electrons. The van der Waals surface area contributed by atoms with Gasteiger partial charge in [0, 0.05) is 56.2 Å².